The zero-order chi connectivity index (χ0) is 20.3. The van der Waals surface area contributed by atoms with E-state index in [1.54, 1.807) is 0 Å². The van der Waals surface area contributed by atoms with Gasteiger partial charge in [0.1, 0.15) is 5.78 Å². The molecule has 29 heavy (non-hydrogen) atoms. The molecule has 4 aliphatic carbocycles. The van der Waals surface area contributed by atoms with E-state index in [1.807, 2.05) is 0 Å². The number of ketones is 1. The molecule has 4 fully saturated rings. The third-order valence-electron chi connectivity index (χ3n) is 10.2. The molecule has 0 bridgehead atoms. The third kappa shape index (κ3) is 3.79. The summed E-state index contributed by atoms with van der Waals surface area (Å²) in [4.78, 5) is 23.0. The molecule has 4 rings (SSSR count). The normalized spacial score (nSPS) is 47.4. The molecule has 4 aliphatic rings. The number of Topliss-reactive ketones (excluding diaryl/α,β-unsaturated/α-hetero) is 1. The van der Waals surface area contributed by atoms with Crippen LogP contribution >= 0.6 is 0 Å². The number of carboxylic acids is 1. The summed E-state index contributed by atoms with van der Waals surface area (Å²) in [7, 11) is 0. The van der Waals surface area contributed by atoms with Crippen LogP contribution in [0, 0.1) is 46.3 Å². The number of carbonyl (C=O) groups is 2. The van der Waals surface area contributed by atoms with Gasteiger partial charge >= 0.3 is 29.6 Å². The van der Waals surface area contributed by atoms with Gasteiger partial charge in [-0.05, 0) is 97.7 Å². The first-order chi connectivity index (χ1) is 13.2. The number of hydrogen-bond donors (Lipinski definition) is 1. The zero-order valence-electron chi connectivity index (χ0n) is 18.8. The van der Waals surface area contributed by atoms with Crippen molar-refractivity contribution in [3.05, 3.63) is 0 Å². The number of carbonyl (C=O) groups excluding carboxylic acids is 2. The van der Waals surface area contributed by atoms with Gasteiger partial charge in [-0.15, -0.1) is 0 Å². The fourth-order valence-corrected chi connectivity index (χ4v) is 8.52. The van der Waals surface area contributed by atoms with Gasteiger partial charge in [0, 0.05) is 18.8 Å². The van der Waals surface area contributed by atoms with E-state index in [1.165, 1.54) is 6.42 Å². The molecule has 0 radical (unpaired) electrons. The topological polar surface area (TPSA) is 77.4 Å². The molecule has 0 spiro atoms. The first-order valence-electron chi connectivity index (χ1n) is 11.6. The summed E-state index contributed by atoms with van der Waals surface area (Å²) < 4.78 is 0. The van der Waals surface area contributed by atoms with Crippen molar-refractivity contribution in [2.45, 2.75) is 91.1 Å². The maximum absolute atomic E-state index is 12.0. The summed E-state index contributed by atoms with van der Waals surface area (Å²) >= 11 is 0. The van der Waals surface area contributed by atoms with Crippen LogP contribution < -0.4 is 34.7 Å². The van der Waals surface area contributed by atoms with Crippen LogP contribution in [0.4, 0.5) is 0 Å². The molecule has 0 aromatic rings. The molecule has 0 saturated heterocycles. The number of aliphatic hydroxyl groups excluding tert-OH is 1. The van der Waals surface area contributed by atoms with Crippen molar-refractivity contribution in [2.24, 2.45) is 46.3 Å². The Kier molecular flexibility index (Phi) is 7.01. The van der Waals surface area contributed by atoms with Gasteiger partial charge in [0.05, 0.1) is 6.10 Å². The second-order valence-electron chi connectivity index (χ2n) is 11.1. The van der Waals surface area contributed by atoms with E-state index in [0.717, 1.165) is 44.9 Å². The molecular formula is C24H37NaO4. The molecule has 0 amide bonds. The average molecular weight is 413 g/mol. The SMILES string of the molecule is C[C@H](CCC(=O)[O-])[C@H]1CCC2C3CCC4CC(=O)CC[C@]4(C)C3CC(O)[C@@]21C.[Na+]. The third-order valence-corrected chi connectivity index (χ3v) is 10.2. The van der Waals surface area contributed by atoms with Gasteiger partial charge in [-0.25, -0.2) is 0 Å². The summed E-state index contributed by atoms with van der Waals surface area (Å²) in [6.45, 7) is 6.88. The van der Waals surface area contributed by atoms with Crippen LogP contribution in [-0.4, -0.2) is 23.0 Å². The van der Waals surface area contributed by atoms with E-state index in [2.05, 4.69) is 20.8 Å². The molecule has 0 heterocycles. The van der Waals surface area contributed by atoms with Crippen LogP contribution in [0.1, 0.15) is 85.0 Å². The van der Waals surface area contributed by atoms with Gasteiger partial charge in [-0.1, -0.05) is 20.8 Å². The summed E-state index contributed by atoms with van der Waals surface area (Å²) in [5, 5.41) is 22.4. The monoisotopic (exact) mass is 412 g/mol. The Bertz CT molecular complexity index is 651. The van der Waals surface area contributed by atoms with E-state index in [9.17, 15) is 19.8 Å². The molecular weight excluding hydrogens is 375 g/mol. The van der Waals surface area contributed by atoms with E-state index in [-0.39, 0.29) is 52.9 Å². The fourth-order valence-electron chi connectivity index (χ4n) is 8.52. The van der Waals surface area contributed by atoms with Crippen molar-refractivity contribution in [3.8, 4) is 0 Å². The van der Waals surface area contributed by atoms with Crippen molar-refractivity contribution in [3.63, 3.8) is 0 Å². The minimum Gasteiger partial charge on any atom is -0.550 e. The molecule has 0 aromatic heterocycles. The first-order valence-corrected chi connectivity index (χ1v) is 11.6. The molecule has 1 N–H and O–H groups in total. The Morgan fingerprint density at radius 3 is 2.62 bits per heavy atom. The van der Waals surface area contributed by atoms with Gasteiger partial charge in [0.2, 0.25) is 0 Å². The average Bonchev–Trinajstić information content (AvgIpc) is 3.00. The van der Waals surface area contributed by atoms with E-state index >= 15 is 0 Å². The second-order valence-corrected chi connectivity index (χ2v) is 11.1. The quantitative estimate of drug-likeness (QED) is 0.677. The summed E-state index contributed by atoms with van der Waals surface area (Å²) in [6.07, 6.45) is 8.42. The molecule has 5 heteroatoms. The second kappa shape index (κ2) is 8.56. The standard InChI is InChI=1S/C24H38O4.Na/c1-14(4-9-22(27)28)18-7-8-19-17-6-5-15-12-16(25)10-11-23(15,2)20(17)13-21(26)24(18,19)3;/h14-15,17-21,26H,4-13H2,1-3H3,(H,27,28);/q;+1/p-1/t14-,15?,17?,18-,19?,20?,21?,23+,24-;/m1./s1. The smallest absolute Gasteiger partial charge is 0.550 e. The van der Waals surface area contributed by atoms with Crippen LogP contribution in [0.2, 0.25) is 0 Å². The minimum atomic E-state index is -0.964. The van der Waals surface area contributed by atoms with Crippen LogP contribution in [0.3, 0.4) is 0 Å². The van der Waals surface area contributed by atoms with Crippen molar-refractivity contribution >= 4 is 11.8 Å². The number of carboxylic acid groups (broad SMARTS) is 1. The van der Waals surface area contributed by atoms with E-state index < -0.39 is 5.97 Å². The summed E-state index contributed by atoms with van der Waals surface area (Å²) in [5.74, 6) is 2.40. The Hall–Kier alpha value is 0.1000. The molecule has 4 nitrogen and oxygen atoms in total. The van der Waals surface area contributed by atoms with E-state index in [0.29, 0.717) is 47.7 Å². The van der Waals surface area contributed by atoms with Crippen molar-refractivity contribution in [2.75, 3.05) is 0 Å². The first kappa shape index (κ1) is 23.8. The number of aliphatic carboxylic acids is 1. The fraction of sp³-hybridized carbons (Fsp3) is 0.917. The Labute approximate surface area is 197 Å². The van der Waals surface area contributed by atoms with E-state index in [4.69, 9.17) is 0 Å². The van der Waals surface area contributed by atoms with Gasteiger partial charge in [-0.3, -0.25) is 4.79 Å². The van der Waals surface area contributed by atoms with Gasteiger partial charge < -0.3 is 15.0 Å². The number of rotatable bonds is 4. The maximum Gasteiger partial charge on any atom is 1.00 e. The largest absolute Gasteiger partial charge is 1.00 e. The molecule has 0 aromatic carbocycles. The molecule has 0 aliphatic heterocycles. The van der Waals surface area contributed by atoms with Gasteiger partial charge in [0.15, 0.2) is 0 Å². The molecule has 9 atom stereocenters. The minimum absolute atomic E-state index is 0. The number of fused-ring (bicyclic) bond motifs is 5. The van der Waals surface area contributed by atoms with Crippen molar-refractivity contribution in [1.29, 1.82) is 0 Å². The predicted octanol–water partition coefficient (Wildman–Crippen LogP) is 0.355. The molecule has 4 saturated carbocycles. The Morgan fingerprint density at radius 1 is 1.21 bits per heavy atom. The molecule has 158 valence electrons. The number of aliphatic hydroxyl groups is 1. The van der Waals surface area contributed by atoms with Crippen LogP contribution in [0.15, 0.2) is 0 Å². The maximum atomic E-state index is 12.0. The van der Waals surface area contributed by atoms with Gasteiger partial charge in [-0.2, -0.15) is 0 Å². The summed E-state index contributed by atoms with van der Waals surface area (Å²) in [5.41, 5.74) is 0.109. The Morgan fingerprint density at radius 2 is 1.93 bits per heavy atom. The predicted molar refractivity (Wildman–Crippen MR) is 105 cm³/mol. The van der Waals surface area contributed by atoms with Crippen molar-refractivity contribution in [1.82, 2.24) is 0 Å². The summed E-state index contributed by atoms with van der Waals surface area (Å²) in [6, 6.07) is 0. The zero-order valence-corrected chi connectivity index (χ0v) is 20.8. The van der Waals surface area contributed by atoms with Crippen LogP contribution in [0.5, 0.6) is 0 Å². The molecule has 5 unspecified atom stereocenters. The van der Waals surface area contributed by atoms with Crippen LogP contribution in [-0.2, 0) is 9.59 Å². The number of hydrogen-bond acceptors (Lipinski definition) is 4. The van der Waals surface area contributed by atoms with Crippen molar-refractivity contribution < 1.29 is 49.4 Å². The van der Waals surface area contributed by atoms with Gasteiger partial charge in [0.25, 0.3) is 0 Å². The van der Waals surface area contributed by atoms with Crippen LogP contribution in [0.25, 0.3) is 0 Å². The Balaban J connectivity index is 0.00000240.